The van der Waals surface area contributed by atoms with Gasteiger partial charge in [0.15, 0.2) is 0 Å². The molecule has 1 aromatic carbocycles. The number of aliphatic carboxylic acids is 1. The van der Waals surface area contributed by atoms with Crippen molar-refractivity contribution in [3.05, 3.63) is 71.8 Å². The Hall–Kier alpha value is -3.61. The monoisotopic (exact) mass is 353 g/mol. The van der Waals surface area contributed by atoms with E-state index in [1.807, 2.05) is 30.3 Å². The lowest BCUT2D eigenvalue weighted by Crippen LogP contribution is -2.36. The summed E-state index contributed by atoms with van der Waals surface area (Å²) in [6, 6.07) is 12.4. The number of benzene rings is 1. The summed E-state index contributed by atoms with van der Waals surface area (Å²) in [5.41, 5.74) is 0.763. The lowest BCUT2D eigenvalue weighted by molar-refractivity contribution is -0.305. The second-order valence-electron chi connectivity index (χ2n) is 5.18. The molecule has 0 unspecified atom stereocenters. The zero-order valence-electron chi connectivity index (χ0n) is 13.8. The van der Waals surface area contributed by atoms with Crippen molar-refractivity contribution >= 4 is 29.9 Å². The van der Waals surface area contributed by atoms with E-state index in [0.717, 1.165) is 5.56 Å². The highest BCUT2D eigenvalue weighted by molar-refractivity contribution is 6.04. The molecule has 7 heteroatoms. The van der Waals surface area contributed by atoms with Crippen LogP contribution in [-0.2, 0) is 14.4 Å². The summed E-state index contributed by atoms with van der Waals surface area (Å²) in [7, 11) is 0. The molecule has 2 N–H and O–H groups in total. The molecule has 0 atom stereocenters. The van der Waals surface area contributed by atoms with Crippen LogP contribution in [0.15, 0.2) is 64.9 Å². The molecule has 0 aliphatic rings. The number of rotatable bonds is 8. The van der Waals surface area contributed by atoms with Crippen LogP contribution in [0.5, 0.6) is 0 Å². The van der Waals surface area contributed by atoms with E-state index in [0.29, 0.717) is 5.76 Å². The number of furan rings is 1. The van der Waals surface area contributed by atoms with Gasteiger partial charge in [0.05, 0.1) is 6.26 Å². The highest BCUT2D eigenvalue weighted by atomic mass is 16.4. The number of nitrogens with one attached hydrogen (secondary N) is 2. The highest BCUT2D eigenvalue weighted by Crippen LogP contribution is 2.07. The molecular weight excluding hydrogens is 336 g/mol. The molecule has 2 aromatic rings. The van der Waals surface area contributed by atoms with Gasteiger partial charge < -0.3 is 25.0 Å². The van der Waals surface area contributed by atoms with Crippen molar-refractivity contribution < 1.29 is 23.9 Å². The third-order valence-electron chi connectivity index (χ3n) is 3.17. The molecule has 134 valence electrons. The molecule has 2 rings (SSSR count). The molecule has 0 aliphatic heterocycles. The number of carbonyl (C=O) groups is 3. The van der Waals surface area contributed by atoms with Crippen LogP contribution in [0.1, 0.15) is 17.7 Å². The second-order valence-corrected chi connectivity index (χ2v) is 5.18. The lowest BCUT2D eigenvalue weighted by Gasteiger charge is -2.09. The smallest absolute Gasteiger partial charge is 0.267 e. The summed E-state index contributed by atoms with van der Waals surface area (Å²) in [5.74, 6) is -2.06. The van der Waals surface area contributed by atoms with Gasteiger partial charge in [-0.15, -0.1) is 0 Å². The number of hydrogen-bond acceptors (Lipinski definition) is 5. The SMILES string of the molecule is O=C([O-])CCNC(=O)/C(=C/c1ccco1)NC(=O)/C=C/c1ccccc1. The minimum atomic E-state index is -1.28. The second kappa shape index (κ2) is 9.63. The van der Waals surface area contributed by atoms with Gasteiger partial charge in [0.2, 0.25) is 5.91 Å². The Morgan fingerprint density at radius 3 is 2.50 bits per heavy atom. The molecule has 0 fully saturated rings. The lowest BCUT2D eigenvalue weighted by atomic mass is 10.2. The van der Waals surface area contributed by atoms with Gasteiger partial charge >= 0.3 is 0 Å². The molecule has 2 amide bonds. The number of amides is 2. The van der Waals surface area contributed by atoms with Crippen LogP contribution >= 0.6 is 0 Å². The fraction of sp³-hybridized carbons (Fsp3) is 0.105. The predicted molar refractivity (Wildman–Crippen MR) is 92.9 cm³/mol. The van der Waals surface area contributed by atoms with Crippen LogP contribution in [0.25, 0.3) is 12.2 Å². The molecular formula is C19H17N2O5-. The Kier molecular flexibility index (Phi) is 6.93. The first-order valence-corrected chi connectivity index (χ1v) is 7.82. The van der Waals surface area contributed by atoms with E-state index in [2.05, 4.69) is 10.6 Å². The molecule has 7 nitrogen and oxygen atoms in total. The van der Waals surface area contributed by atoms with Crippen LogP contribution < -0.4 is 15.7 Å². The van der Waals surface area contributed by atoms with Crippen molar-refractivity contribution in [2.45, 2.75) is 6.42 Å². The summed E-state index contributed by atoms with van der Waals surface area (Å²) >= 11 is 0. The molecule has 1 heterocycles. The standard InChI is InChI=1S/C19H18N2O5/c22-17(9-8-14-5-2-1-3-6-14)21-16(13-15-7-4-12-26-15)19(25)20-11-10-18(23)24/h1-9,12-13H,10-11H2,(H,20,25)(H,21,22)(H,23,24)/p-1/b9-8+,16-13-. The summed E-state index contributed by atoms with van der Waals surface area (Å²) in [4.78, 5) is 34.7. The fourth-order valence-corrected chi connectivity index (χ4v) is 1.96. The van der Waals surface area contributed by atoms with Crippen LogP contribution in [0.4, 0.5) is 0 Å². The number of carboxylic acids is 1. The van der Waals surface area contributed by atoms with Gasteiger partial charge in [-0.2, -0.15) is 0 Å². The maximum Gasteiger partial charge on any atom is 0.267 e. The maximum absolute atomic E-state index is 12.2. The minimum Gasteiger partial charge on any atom is -0.550 e. The predicted octanol–water partition coefficient (Wildman–Crippen LogP) is 0.706. The summed E-state index contributed by atoms with van der Waals surface area (Å²) in [6.07, 6.45) is 5.34. The third-order valence-corrected chi connectivity index (χ3v) is 3.17. The molecule has 26 heavy (non-hydrogen) atoms. The van der Waals surface area contributed by atoms with Crippen molar-refractivity contribution in [1.82, 2.24) is 10.6 Å². The van der Waals surface area contributed by atoms with E-state index in [9.17, 15) is 19.5 Å². The molecule has 1 aromatic heterocycles. The molecule has 0 saturated carbocycles. The van der Waals surface area contributed by atoms with Crippen molar-refractivity contribution in [3.8, 4) is 0 Å². The molecule has 0 spiro atoms. The summed E-state index contributed by atoms with van der Waals surface area (Å²) < 4.78 is 5.14. The van der Waals surface area contributed by atoms with E-state index < -0.39 is 17.8 Å². The first kappa shape index (κ1) is 18.7. The van der Waals surface area contributed by atoms with E-state index in [-0.39, 0.29) is 18.7 Å². The maximum atomic E-state index is 12.2. The topological polar surface area (TPSA) is 111 Å². The van der Waals surface area contributed by atoms with E-state index in [4.69, 9.17) is 4.42 Å². The zero-order chi connectivity index (χ0) is 18.8. The summed E-state index contributed by atoms with van der Waals surface area (Å²) in [6.45, 7) is -0.119. The normalized spacial score (nSPS) is 11.3. The Bertz CT molecular complexity index is 808. The van der Waals surface area contributed by atoms with Gasteiger partial charge in [-0.3, -0.25) is 9.59 Å². The number of carboxylic acid groups (broad SMARTS) is 1. The zero-order valence-corrected chi connectivity index (χ0v) is 13.8. The van der Waals surface area contributed by atoms with E-state index in [1.165, 1.54) is 18.4 Å². The van der Waals surface area contributed by atoms with Gasteiger partial charge in [0, 0.05) is 31.1 Å². The van der Waals surface area contributed by atoms with Gasteiger partial charge in [-0.1, -0.05) is 30.3 Å². The summed E-state index contributed by atoms with van der Waals surface area (Å²) in [5, 5.41) is 15.3. The minimum absolute atomic E-state index is 0.0685. The Morgan fingerprint density at radius 1 is 1.08 bits per heavy atom. The van der Waals surface area contributed by atoms with Gasteiger partial charge in [0.1, 0.15) is 11.5 Å². The largest absolute Gasteiger partial charge is 0.550 e. The van der Waals surface area contributed by atoms with Gasteiger partial charge in [-0.05, 0) is 23.8 Å². The number of carbonyl (C=O) groups excluding carboxylic acids is 3. The average molecular weight is 353 g/mol. The Labute approximate surface area is 150 Å². The van der Waals surface area contributed by atoms with E-state index >= 15 is 0 Å². The Morgan fingerprint density at radius 2 is 1.85 bits per heavy atom. The molecule has 0 radical (unpaired) electrons. The average Bonchev–Trinajstić information content (AvgIpc) is 3.13. The van der Waals surface area contributed by atoms with Crippen molar-refractivity contribution in [3.63, 3.8) is 0 Å². The first-order valence-electron chi connectivity index (χ1n) is 7.82. The first-order chi connectivity index (χ1) is 12.5. The van der Waals surface area contributed by atoms with Crippen LogP contribution in [0, 0.1) is 0 Å². The van der Waals surface area contributed by atoms with Crippen molar-refractivity contribution in [2.24, 2.45) is 0 Å². The fourth-order valence-electron chi connectivity index (χ4n) is 1.96. The van der Waals surface area contributed by atoms with Gasteiger partial charge in [-0.25, -0.2) is 0 Å². The third kappa shape index (κ3) is 6.48. The quantitative estimate of drug-likeness (QED) is 0.679. The van der Waals surface area contributed by atoms with Crippen LogP contribution in [-0.4, -0.2) is 24.3 Å². The van der Waals surface area contributed by atoms with Crippen LogP contribution in [0.2, 0.25) is 0 Å². The van der Waals surface area contributed by atoms with Crippen molar-refractivity contribution in [1.29, 1.82) is 0 Å². The van der Waals surface area contributed by atoms with Crippen LogP contribution in [0.3, 0.4) is 0 Å². The molecule has 0 saturated heterocycles. The van der Waals surface area contributed by atoms with E-state index in [1.54, 1.807) is 18.2 Å². The van der Waals surface area contributed by atoms with Gasteiger partial charge in [0.25, 0.3) is 5.91 Å². The highest BCUT2D eigenvalue weighted by Gasteiger charge is 2.12. The van der Waals surface area contributed by atoms with Crippen molar-refractivity contribution in [2.75, 3.05) is 6.54 Å². The molecule has 0 aliphatic carbocycles. The number of hydrogen-bond donors (Lipinski definition) is 2. The Balaban J connectivity index is 2.06. The molecule has 0 bridgehead atoms.